The number of ketones is 1. The van der Waals surface area contributed by atoms with Crippen molar-refractivity contribution in [1.29, 1.82) is 0 Å². The van der Waals surface area contributed by atoms with E-state index < -0.39 is 52.2 Å². The summed E-state index contributed by atoms with van der Waals surface area (Å²) in [7, 11) is 0. The minimum Gasteiger partial charge on any atom is -0.475 e. The van der Waals surface area contributed by atoms with Crippen LogP contribution in [0.25, 0.3) is 0 Å². The van der Waals surface area contributed by atoms with Gasteiger partial charge in [0, 0.05) is 5.69 Å². The van der Waals surface area contributed by atoms with E-state index in [1.54, 1.807) is 0 Å². The summed E-state index contributed by atoms with van der Waals surface area (Å²) < 4.78 is 76.3. The van der Waals surface area contributed by atoms with Gasteiger partial charge < -0.3 is 15.2 Å². The lowest BCUT2D eigenvalue weighted by molar-refractivity contribution is -0.138. The molecule has 0 atom stereocenters. The number of amides is 1. The van der Waals surface area contributed by atoms with E-state index in [0.29, 0.717) is 37.3 Å². The molecule has 0 aliphatic heterocycles. The van der Waals surface area contributed by atoms with Crippen LogP contribution in [0.5, 0.6) is 11.5 Å². The third-order valence-electron chi connectivity index (χ3n) is 6.92. The van der Waals surface area contributed by atoms with Gasteiger partial charge in [0.2, 0.25) is 0 Å². The number of aryl methyl sites for hydroxylation is 1. The summed E-state index contributed by atoms with van der Waals surface area (Å²) in [6, 6.07) is 7.24. The van der Waals surface area contributed by atoms with Crippen LogP contribution in [-0.4, -0.2) is 22.8 Å². The molecule has 3 aromatic carbocycles. The maximum Gasteiger partial charge on any atom is 0.416 e. The molecule has 2 aliphatic carbocycles. The van der Waals surface area contributed by atoms with Gasteiger partial charge in [-0.05, 0) is 104 Å². The molecule has 0 saturated heterocycles. The monoisotopic (exact) mass is 559 g/mol. The number of carboxylic acid groups (broad SMARTS) is 1. The number of carboxylic acids is 1. The maximum atomic E-state index is 14.6. The van der Waals surface area contributed by atoms with Crippen LogP contribution in [0.4, 0.5) is 27.6 Å². The Labute approximate surface area is 224 Å². The Kier molecular flexibility index (Phi) is 6.85. The summed E-state index contributed by atoms with van der Waals surface area (Å²) in [6.07, 6.45) is -2.44. The molecular weight excluding hydrogens is 537 g/mol. The number of aliphatic carboxylic acids is 1. The molecule has 0 spiro atoms. The van der Waals surface area contributed by atoms with E-state index in [0.717, 1.165) is 24.3 Å². The second kappa shape index (κ2) is 10.0. The Hall–Kier alpha value is -4.28. The van der Waals surface area contributed by atoms with E-state index in [9.17, 15) is 36.3 Å². The van der Waals surface area contributed by atoms with Crippen LogP contribution in [0.2, 0.25) is 0 Å². The van der Waals surface area contributed by atoms with Gasteiger partial charge in [0.1, 0.15) is 23.1 Å². The quantitative estimate of drug-likeness (QED) is 0.171. The van der Waals surface area contributed by atoms with Crippen molar-refractivity contribution >= 4 is 23.3 Å². The van der Waals surface area contributed by atoms with Gasteiger partial charge in [-0.2, -0.15) is 13.2 Å². The number of carbonyl (C=O) groups excluding carboxylic acids is 2. The summed E-state index contributed by atoms with van der Waals surface area (Å²) in [5.41, 5.74) is -1.81. The molecule has 40 heavy (non-hydrogen) atoms. The van der Waals surface area contributed by atoms with Gasteiger partial charge in [0.15, 0.2) is 0 Å². The highest BCUT2D eigenvalue weighted by molar-refractivity contribution is 6.40. The van der Waals surface area contributed by atoms with E-state index in [1.165, 1.54) is 19.1 Å². The van der Waals surface area contributed by atoms with Crippen LogP contribution < -0.4 is 10.1 Å². The highest BCUT2D eigenvalue weighted by Crippen LogP contribution is 2.49. The van der Waals surface area contributed by atoms with Gasteiger partial charge >= 0.3 is 12.1 Å². The molecule has 1 amide bonds. The lowest BCUT2D eigenvalue weighted by atomic mass is 9.97. The summed E-state index contributed by atoms with van der Waals surface area (Å²) in [5, 5.41) is 11.5. The molecule has 0 radical (unpaired) electrons. The number of Topliss-reactive ketones (excluding diaryl/α,β-unsaturated/α-hetero) is 1. The first-order valence-electron chi connectivity index (χ1n) is 12.4. The first kappa shape index (κ1) is 27.3. The number of halogens is 5. The molecule has 11 heteroatoms. The second-order valence-electron chi connectivity index (χ2n) is 10.0. The van der Waals surface area contributed by atoms with Crippen LogP contribution >= 0.6 is 0 Å². The van der Waals surface area contributed by atoms with Crippen molar-refractivity contribution in [3.63, 3.8) is 0 Å². The third kappa shape index (κ3) is 5.54. The lowest BCUT2D eigenvalue weighted by Crippen LogP contribution is -2.19. The molecule has 0 heterocycles. The predicted molar refractivity (Wildman–Crippen MR) is 133 cm³/mol. The Bertz CT molecular complexity index is 1560. The van der Waals surface area contributed by atoms with E-state index >= 15 is 0 Å². The summed E-state index contributed by atoms with van der Waals surface area (Å²) in [6.45, 7) is 1.53. The Balaban J connectivity index is 1.61. The molecule has 2 N–H and O–H groups in total. The van der Waals surface area contributed by atoms with Gasteiger partial charge in [-0.25, -0.2) is 13.6 Å². The Morgan fingerprint density at radius 2 is 1.52 bits per heavy atom. The fraction of sp³-hybridized carbons (Fsp3) is 0.276. The number of nitrogens with one attached hydrogen (secondary N) is 1. The zero-order chi connectivity index (χ0) is 28.9. The van der Waals surface area contributed by atoms with Gasteiger partial charge in [-0.3, -0.25) is 9.59 Å². The molecule has 0 unspecified atom stereocenters. The molecule has 2 aliphatic rings. The van der Waals surface area contributed by atoms with Crippen molar-refractivity contribution in [2.45, 2.75) is 50.6 Å². The van der Waals surface area contributed by atoms with E-state index in [1.807, 2.05) is 0 Å². The number of carbonyl (C=O) groups is 3. The molecule has 6 nitrogen and oxygen atoms in total. The average molecular weight is 559 g/mol. The van der Waals surface area contributed by atoms with Crippen LogP contribution in [0.3, 0.4) is 0 Å². The zero-order valence-corrected chi connectivity index (χ0v) is 21.0. The Morgan fingerprint density at radius 1 is 0.875 bits per heavy atom. The van der Waals surface area contributed by atoms with Gasteiger partial charge in [0.05, 0.1) is 16.7 Å². The number of ether oxygens (including phenoxy) is 1. The van der Waals surface area contributed by atoms with Gasteiger partial charge in [0.25, 0.3) is 11.7 Å². The predicted octanol–water partition coefficient (Wildman–Crippen LogP) is 7.36. The standard InChI is InChI=1S/C29H22F5NO5/c1-13-8-16(30)6-7-24(13)40-25-12-17(14-2-3-14)21(29(32,33)34)9-20(25)27(37)35-23-11-19(26(36)28(38)39)22(31)10-18(23)15-4-5-15/h6-12,14-15H,2-5H2,1H3,(H,35,37)(H,38,39). The summed E-state index contributed by atoms with van der Waals surface area (Å²) in [4.78, 5) is 36.7. The van der Waals surface area contributed by atoms with E-state index in [2.05, 4.69) is 5.32 Å². The molecule has 0 aromatic heterocycles. The molecule has 2 saturated carbocycles. The minimum absolute atomic E-state index is 0.0337. The van der Waals surface area contributed by atoms with Crippen molar-refractivity contribution in [3.8, 4) is 11.5 Å². The zero-order valence-electron chi connectivity index (χ0n) is 21.0. The average Bonchev–Trinajstić information content (AvgIpc) is 3.79. The molecule has 208 valence electrons. The second-order valence-corrected chi connectivity index (χ2v) is 10.0. The first-order valence-corrected chi connectivity index (χ1v) is 12.4. The summed E-state index contributed by atoms with van der Waals surface area (Å²) in [5.74, 6) is -6.78. The van der Waals surface area contributed by atoms with Crippen molar-refractivity contribution < 1.29 is 46.2 Å². The normalized spacial score (nSPS) is 15.1. The first-order chi connectivity index (χ1) is 18.8. The van der Waals surface area contributed by atoms with Crippen LogP contribution in [-0.2, 0) is 11.0 Å². The molecule has 3 aromatic rings. The highest BCUT2D eigenvalue weighted by atomic mass is 19.4. The van der Waals surface area contributed by atoms with Crippen molar-refractivity contribution in [3.05, 3.63) is 87.5 Å². The topological polar surface area (TPSA) is 92.7 Å². The van der Waals surface area contributed by atoms with Crippen LogP contribution in [0.15, 0.2) is 42.5 Å². The molecule has 5 rings (SSSR count). The SMILES string of the molecule is Cc1cc(F)ccc1Oc1cc(C2CC2)c(C(F)(F)F)cc1C(=O)Nc1cc(C(=O)C(=O)O)c(F)cc1C1CC1. The van der Waals surface area contributed by atoms with Gasteiger partial charge in [-0.15, -0.1) is 0 Å². The number of benzene rings is 3. The van der Waals surface area contributed by atoms with Crippen molar-refractivity contribution in [2.75, 3.05) is 5.32 Å². The number of anilines is 1. The minimum atomic E-state index is -4.78. The highest BCUT2D eigenvalue weighted by Gasteiger charge is 2.40. The molecule has 0 bridgehead atoms. The van der Waals surface area contributed by atoms with Gasteiger partial charge in [-0.1, -0.05) is 0 Å². The molecular formula is C29H22F5NO5. The number of rotatable bonds is 8. The van der Waals surface area contributed by atoms with E-state index in [-0.39, 0.29) is 40.1 Å². The number of hydrogen-bond acceptors (Lipinski definition) is 4. The largest absolute Gasteiger partial charge is 0.475 e. The van der Waals surface area contributed by atoms with E-state index in [4.69, 9.17) is 9.84 Å². The fourth-order valence-corrected chi connectivity index (χ4v) is 4.59. The van der Waals surface area contributed by atoms with Crippen molar-refractivity contribution in [2.24, 2.45) is 0 Å². The maximum absolute atomic E-state index is 14.6. The fourth-order valence-electron chi connectivity index (χ4n) is 4.59. The summed E-state index contributed by atoms with van der Waals surface area (Å²) >= 11 is 0. The number of hydrogen-bond donors (Lipinski definition) is 2. The number of alkyl halides is 3. The molecule has 2 fully saturated rings. The Morgan fingerprint density at radius 3 is 2.10 bits per heavy atom. The van der Waals surface area contributed by atoms with Crippen LogP contribution in [0.1, 0.15) is 80.5 Å². The lowest BCUT2D eigenvalue weighted by Gasteiger charge is -2.20. The van der Waals surface area contributed by atoms with Crippen LogP contribution in [0, 0.1) is 18.6 Å². The van der Waals surface area contributed by atoms with Crippen molar-refractivity contribution in [1.82, 2.24) is 0 Å². The smallest absolute Gasteiger partial charge is 0.416 e. The third-order valence-corrected chi connectivity index (χ3v) is 6.92.